The molecule has 1 aliphatic rings. The third-order valence-corrected chi connectivity index (χ3v) is 6.12. The molecule has 0 saturated heterocycles. The second kappa shape index (κ2) is 7.68. The van der Waals surface area contributed by atoms with Gasteiger partial charge in [0.15, 0.2) is 11.6 Å². The molecule has 0 unspecified atom stereocenters. The van der Waals surface area contributed by atoms with Gasteiger partial charge in [0.2, 0.25) is 5.91 Å². The van der Waals surface area contributed by atoms with E-state index in [-0.39, 0.29) is 15.4 Å². The zero-order valence-corrected chi connectivity index (χ0v) is 16.1. The van der Waals surface area contributed by atoms with Crippen LogP contribution in [0.25, 0.3) is 0 Å². The molecular weight excluding hydrogens is 425 g/mol. The van der Waals surface area contributed by atoms with Gasteiger partial charge in [0.05, 0.1) is 23.4 Å². The van der Waals surface area contributed by atoms with Crippen molar-refractivity contribution in [2.45, 2.75) is 17.9 Å². The number of hydrogen-bond donors (Lipinski definition) is 2. The van der Waals surface area contributed by atoms with Crippen LogP contribution in [0.3, 0.4) is 0 Å². The lowest BCUT2D eigenvalue weighted by Gasteiger charge is -2.29. The summed E-state index contributed by atoms with van der Waals surface area (Å²) < 4.78 is 66.9. The fourth-order valence-electron chi connectivity index (χ4n) is 2.88. The van der Waals surface area contributed by atoms with Crippen LogP contribution in [0.2, 0.25) is 0 Å². The molecule has 2 N–H and O–H groups in total. The molecule has 3 amide bonds. The topological polar surface area (TPSA) is 119 Å². The third-order valence-electron chi connectivity index (χ3n) is 4.33. The number of anilines is 1. The van der Waals surface area contributed by atoms with Crippen LogP contribution < -0.4 is 10.6 Å². The standard InChI is InChI=1S/C18H13F3N4O4S/c1-9(11-3-2-10(7-22)6-13(11)20)23-15(26)8-25-18(27)24-14-5-4-12(19)16(21)17(14)30(25,28)29/h2-6,9H,8H2,1H3,(H,23,26)(H,24,27)/t9-/m1/s1. The SMILES string of the molecule is C[C@@H](NC(=O)CN1C(=O)Nc2ccc(F)c(F)c2S1(=O)=O)c1ccc(C#N)cc1F. The summed E-state index contributed by atoms with van der Waals surface area (Å²) in [6.07, 6.45) is 0. The predicted molar refractivity (Wildman–Crippen MR) is 96.9 cm³/mol. The van der Waals surface area contributed by atoms with Crippen LogP contribution >= 0.6 is 0 Å². The molecule has 0 fully saturated rings. The summed E-state index contributed by atoms with van der Waals surface area (Å²) in [7, 11) is -4.86. The van der Waals surface area contributed by atoms with E-state index in [0.29, 0.717) is 6.07 Å². The van der Waals surface area contributed by atoms with Gasteiger partial charge >= 0.3 is 6.03 Å². The molecule has 0 radical (unpaired) electrons. The zero-order chi connectivity index (χ0) is 22.2. The van der Waals surface area contributed by atoms with Crippen LogP contribution in [0.5, 0.6) is 0 Å². The zero-order valence-electron chi connectivity index (χ0n) is 15.2. The van der Waals surface area contributed by atoms with Gasteiger partial charge in [-0.15, -0.1) is 0 Å². The summed E-state index contributed by atoms with van der Waals surface area (Å²) in [5.74, 6) is -4.89. The number of fused-ring (bicyclic) bond motifs is 1. The summed E-state index contributed by atoms with van der Waals surface area (Å²) in [5.41, 5.74) is -0.367. The average Bonchev–Trinajstić information content (AvgIpc) is 2.67. The highest BCUT2D eigenvalue weighted by atomic mass is 32.2. The number of carbonyl (C=O) groups excluding carboxylic acids is 2. The van der Waals surface area contributed by atoms with E-state index in [2.05, 4.69) is 10.6 Å². The fourth-order valence-corrected chi connectivity index (χ4v) is 4.37. The van der Waals surface area contributed by atoms with Gasteiger partial charge < -0.3 is 10.6 Å². The van der Waals surface area contributed by atoms with Crippen molar-refractivity contribution in [1.82, 2.24) is 9.62 Å². The van der Waals surface area contributed by atoms with Gasteiger partial charge in [0, 0.05) is 5.56 Å². The fraction of sp³-hybridized carbons (Fsp3) is 0.167. The van der Waals surface area contributed by atoms with Gasteiger partial charge in [0.1, 0.15) is 17.3 Å². The van der Waals surface area contributed by atoms with Crippen molar-refractivity contribution >= 4 is 27.6 Å². The monoisotopic (exact) mass is 438 g/mol. The Bertz CT molecular complexity index is 1210. The molecule has 0 spiro atoms. The molecule has 30 heavy (non-hydrogen) atoms. The number of halogens is 3. The summed E-state index contributed by atoms with van der Waals surface area (Å²) in [6, 6.07) is 4.69. The van der Waals surface area contributed by atoms with Crippen LogP contribution in [-0.2, 0) is 14.8 Å². The van der Waals surface area contributed by atoms with E-state index in [1.165, 1.54) is 19.1 Å². The minimum atomic E-state index is -4.86. The lowest BCUT2D eigenvalue weighted by atomic mass is 10.1. The second-order valence-electron chi connectivity index (χ2n) is 6.32. The number of nitrogens with one attached hydrogen (secondary N) is 2. The van der Waals surface area contributed by atoms with Crippen molar-refractivity contribution in [2.75, 3.05) is 11.9 Å². The van der Waals surface area contributed by atoms with E-state index in [1.54, 1.807) is 6.07 Å². The molecule has 1 aliphatic heterocycles. The largest absolute Gasteiger partial charge is 0.348 e. The van der Waals surface area contributed by atoms with E-state index >= 15 is 0 Å². The van der Waals surface area contributed by atoms with E-state index in [4.69, 9.17) is 5.26 Å². The molecule has 0 bridgehead atoms. The number of nitriles is 1. The minimum absolute atomic E-state index is 0.0202. The molecule has 8 nitrogen and oxygen atoms in total. The van der Waals surface area contributed by atoms with Gasteiger partial charge in [-0.1, -0.05) is 6.07 Å². The van der Waals surface area contributed by atoms with Gasteiger partial charge in [0.25, 0.3) is 10.0 Å². The maximum atomic E-state index is 14.1. The number of sulfonamides is 1. The maximum Gasteiger partial charge on any atom is 0.336 e. The first-order valence-electron chi connectivity index (χ1n) is 8.37. The number of nitrogens with zero attached hydrogens (tertiary/aromatic N) is 2. The number of rotatable bonds is 4. The molecular formula is C18H13F3N4O4S. The Morgan fingerprint density at radius 3 is 2.57 bits per heavy atom. The van der Waals surface area contributed by atoms with Gasteiger partial charge in [-0.25, -0.2) is 30.7 Å². The smallest absolute Gasteiger partial charge is 0.336 e. The maximum absolute atomic E-state index is 14.1. The highest BCUT2D eigenvalue weighted by Gasteiger charge is 2.41. The van der Waals surface area contributed by atoms with Gasteiger partial charge in [-0.05, 0) is 31.2 Å². The molecule has 0 aromatic heterocycles. The van der Waals surface area contributed by atoms with Crippen molar-refractivity contribution in [3.63, 3.8) is 0 Å². The Morgan fingerprint density at radius 2 is 1.93 bits per heavy atom. The molecule has 1 heterocycles. The number of carbonyl (C=O) groups is 2. The summed E-state index contributed by atoms with van der Waals surface area (Å²) in [5, 5.41) is 13.2. The number of benzene rings is 2. The van der Waals surface area contributed by atoms with Crippen molar-refractivity contribution in [1.29, 1.82) is 5.26 Å². The van der Waals surface area contributed by atoms with Crippen LogP contribution in [0.4, 0.5) is 23.7 Å². The molecule has 0 saturated carbocycles. The third kappa shape index (κ3) is 3.67. The second-order valence-corrected chi connectivity index (χ2v) is 8.12. The predicted octanol–water partition coefficient (Wildman–Crippen LogP) is 2.39. The Morgan fingerprint density at radius 1 is 1.23 bits per heavy atom. The lowest BCUT2D eigenvalue weighted by molar-refractivity contribution is -0.121. The summed E-state index contributed by atoms with van der Waals surface area (Å²) in [6.45, 7) is 0.350. The quantitative estimate of drug-likeness (QED) is 0.760. The van der Waals surface area contributed by atoms with E-state index < -0.39 is 62.6 Å². The van der Waals surface area contributed by atoms with Crippen molar-refractivity contribution in [2.24, 2.45) is 0 Å². The van der Waals surface area contributed by atoms with Crippen molar-refractivity contribution < 1.29 is 31.2 Å². The highest BCUT2D eigenvalue weighted by molar-refractivity contribution is 7.90. The normalized spacial score (nSPS) is 15.6. The average molecular weight is 438 g/mol. The summed E-state index contributed by atoms with van der Waals surface area (Å²) >= 11 is 0. The molecule has 0 aliphatic carbocycles. The highest BCUT2D eigenvalue weighted by Crippen LogP contribution is 2.33. The molecule has 12 heteroatoms. The Labute approximate surface area is 169 Å². The molecule has 3 rings (SSSR count). The Kier molecular flexibility index (Phi) is 5.41. The first-order chi connectivity index (χ1) is 14.1. The first-order valence-corrected chi connectivity index (χ1v) is 9.81. The molecule has 2 aromatic rings. The number of hydrogen-bond acceptors (Lipinski definition) is 5. The van der Waals surface area contributed by atoms with E-state index in [0.717, 1.165) is 12.1 Å². The van der Waals surface area contributed by atoms with Crippen molar-refractivity contribution in [3.8, 4) is 6.07 Å². The number of amides is 3. The van der Waals surface area contributed by atoms with E-state index in [1.807, 2.05) is 0 Å². The van der Waals surface area contributed by atoms with Crippen LogP contribution in [0.15, 0.2) is 35.2 Å². The number of urea groups is 1. The molecule has 2 aromatic carbocycles. The van der Waals surface area contributed by atoms with Crippen LogP contribution in [-0.4, -0.2) is 31.2 Å². The van der Waals surface area contributed by atoms with E-state index in [9.17, 15) is 31.2 Å². The summed E-state index contributed by atoms with van der Waals surface area (Å²) in [4.78, 5) is 23.3. The van der Waals surface area contributed by atoms with Crippen LogP contribution in [0, 0.1) is 28.8 Å². The lowest BCUT2D eigenvalue weighted by Crippen LogP contribution is -2.49. The van der Waals surface area contributed by atoms with Gasteiger partial charge in [-0.3, -0.25) is 4.79 Å². The van der Waals surface area contributed by atoms with Crippen molar-refractivity contribution in [3.05, 3.63) is 58.9 Å². The minimum Gasteiger partial charge on any atom is -0.348 e. The van der Waals surface area contributed by atoms with Crippen LogP contribution in [0.1, 0.15) is 24.1 Å². The Balaban J connectivity index is 1.82. The first kappa shape index (κ1) is 21.1. The molecule has 1 atom stereocenters. The molecule has 156 valence electrons. The Hall–Kier alpha value is -3.59. The van der Waals surface area contributed by atoms with Gasteiger partial charge in [-0.2, -0.15) is 5.26 Å².